The van der Waals surface area contributed by atoms with Gasteiger partial charge in [-0.3, -0.25) is 0 Å². The van der Waals surface area contributed by atoms with E-state index in [1.54, 1.807) is 0 Å². The molecule has 0 rings (SSSR count). The second-order valence-corrected chi connectivity index (χ2v) is 4.45. The Kier molecular flexibility index (Phi) is 6.01. The molecule has 5 heteroatoms. The molecule has 68 valence electrons. The zero-order valence-corrected chi connectivity index (χ0v) is 8.27. The molecular formula is C6H17NO3P+. The maximum Gasteiger partial charge on any atom is 0.433 e. The summed E-state index contributed by atoms with van der Waals surface area (Å²) in [5.41, 5.74) is 0. The lowest BCUT2D eigenvalue weighted by atomic mass is 10.9. The highest BCUT2D eigenvalue weighted by molar-refractivity contribution is 7.61. The molecule has 0 saturated heterocycles. The molecule has 0 amide bonds. The molecule has 0 aliphatic rings. The van der Waals surface area contributed by atoms with Crippen molar-refractivity contribution in [3.63, 3.8) is 0 Å². The van der Waals surface area contributed by atoms with Gasteiger partial charge in [0.2, 0.25) is 0 Å². The minimum atomic E-state index is -2.18. The Hall–Kier alpha value is 0.270. The number of hydrogen-bond acceptors (Lipinski definition) is 4. The lowest BCUT2D eigenvalue weighted by molar-refractivity contribution is 0.148. The maximum absolute atomic E-state index is 5.31. The van der Waals surface area contributed by atoms with E-state index in [1.165, 1.54) is 0 Å². The zero-order valence-electron chi connectivity index (χ0n) is 7.37. The van der Waals surface area contributed by atoms with Gasteiger partial charge in [0, 0.05) is 0 Å². The lowest BCUT2D eigenvalue weighted by Crippen LogP contribution is -2.12. The van der Waals surface area contributed by atoms with E-state index >= 15 is 0 Å². The molecule has 4 nitrogen and oxygen atoms in total. The summed E-state index contributed by atoms with van der Waals surface area (Å²) >= 11 is 0. The van der Waals surface area contributed by atoms with Gasteiger partial charge in [0.15, 0.2) is 0 Å². The Bertz CT molecular complexity index is 89.8. The van der Waals surface area contributed by atoms with Gasteiger partial charge in [0.25, 0.3) is 0 Å². The first-order chi connectivity index (χ1) is 5.24. The summed E-state index contributed by atoms with van der Waals surface area (Å²) < 4.78 is 15.4. The smallest absolute Gasteiger partial charge is 0.177 e. The molecular weight excluding hydrogens is 165 g/mol. The molecule has 0 aromatic rings. The molecule has 0 spiro atoms. The summed E-state index contributed by atoms with van der Waals surface area (Å²) in [5.74, 6) is 5.09. The zero-order chi connectivity index (χ0) is 8.74. The van der Waals surface area contributed by atoms with Gasteiger partial charge in [-0.15, -0.1) is 0 Å². The Morgan fingerprint density at radius 3 is 1.73 bits per heavy atom. The van der Waals surface area contributed by atoms with Crippen LogP contribution in [0.4, 0.5) is 0 Å². The van der Waals surface area contributed by atoms with Gasteiger partial charge in [0.1, 0.15) is 6.16 Å². The third-order valence-corrected chi connectivity index (χ3v) is 3.60. The fraction of sp³-hybridized carbons (Fsp3) is 1.00. The summed E-state index contributed by atoms with van der Waals surface area (Å²) in [5, 5.41) is 0. The van der Waals surface area contributed by atoms with Crippen LogP contribution in [0.1, 0.15) is 20.8 Å². The highest BCUT2D eigenvalue weighted by Crippen LogP contribution is 2.60. The Balaban J connectivity index is 3.96. The second kappa shape index (κ2) is 5.86. The normalized spacial score (nSPS) is 12.0. The highest BCUT2D eigenvalue weighted by atomic mass is 31.2. The third kappa shape index (κ3) is 3.45. The van der Waals surface area contributed by atoms with E-state index in [4.69, 9.17) is 19.6 Å². The van der Waals surface area contributed by atoms with Gasteiger partial charge in [-0.2, -0.15) is 14.9 Å². The average Bonchev–Trinajstić information content (AvgIpc) is 2.04. The Morgan fingerprint density at radius 1 is 1.09 bits per heavy atom. The van der Waals surface area contributed by atoms with Crippen LogP contribution in [-0.2, 0) is 13.7 Å². The summed E-state index contributed by atoms with van der Waals surface area (Å²) in [7, 11) is -2.18. The summed E-state index contributed by atoms with van der Waals surface area (Å²) in [6.07, 6.45) is 0.686. The largest absolute Gasteiger partial charge is 0.433 e. The van der Waals surface area contributed by atoms with Crippen LogP contribution < -0.4 is 5.90 Å². The molecule has 0 fully saturated rings. The van der Waals surface area contributed by atoms with E-state index in [2.05, 4.69) is 0 Å². The van der Waals surface area contributed by atoms with Crippen molar-refractivity contribution < 1.29 is 13.7 Å². The SMILES string of the molecule is CCO[P+](CC)(ON)OCC. The Labute approximate surface area is 68.5 Å². The van der Waals surface area contributed by atoms with Crippen molar-refractivity contribution in [3.05, 3.63) is 0 Å². The van der Waals surface area contributed by atoms with Crippen molar-refractivity contribution in [2.24, 2.45) is 5.90 Å². The third-order valence-electron chi connectivity index (χ3n) is 1.20. The average molecular weight is 182 g/mol. The molecule has 0 bridgehead atoms. The minimum absolute atomic E-state index is 0.568. The standard InChI is InChI=1S/C6H17NO3P/c1-4-8-11(6-3,10-7)9-5-2/h4-7H2,1-3H3/q+1. The predicted octanol–water partition coefficient (Wildman–Crippen LogP) is 1.73. The molecule has 0 aromatic heterocycles. The predicted molar refractivity (Wildman–Crippen MR) is 46.0 cm³/mol. The van der Waals surface area contributed by atoms with E-state index in [1.807, 2.05) is 20.8 Å². The van der Waals surface area contributed by atoms with Crippen LogP contribution in [0.15, 0.2) is 0 Å². The van der Waals surface area contributed by atoms with Crippen molar-refractivity contribution in [2.45, 2.75) is 20.8 Å². The van der Waals surface area contributed by atoms with Crippen LogP contribution in [0.25, 0.3) is 0 Å². The molecule has 0 heterocycles. The van der Waals surface area contributed by atoms with Gasteiger partial charge in [0.05, 0.1) is 13.2 Å². The van der Waals surface area contributed by atoms with Crippen LogP contribution in [0.3, 0.4) is 0 Å². The van der Waals surface area contributed by atoms with Gasteiger partial charge >= 0.3 is 7.94 Å². The first-order valence-electron chi connectivity index (χ1n) is 3.80. The first-order valence-corrected chi connectivity index (χ1v) is 5.53. The van der Waals surface area contributed by atoms with E-state index in [9.17, 15) is 0 Å². The fourth-order valence-electron chi connectivity index (χ4n) is 0.749. The molecule has 0 aromatic carbocycles. The van der Waals surface area contributed by atoms with Crippen LogP contribution in [0, 0.1) is 0 Å². The summed E-state index contributed by atoms with van der Waals surface area (Å²) in [6, 6.07) is 0. The Morgan fingerprint density at radius 2 is 1.55 bits per heavy atom. The number of nitrogens with two attached hydrogens (primary N) is 1. The van der Waals surface area contributed by atoms with Gasteiger partial charge in [-0.25, -0.2) is 0 Å². The summed E-state index contributed by atoms with van der Waals surface area (Å²) in [6.45, 7) is 6.86. The molecule has 2 N–H and O–H groups in total. The van der Waals surface area contributed by atoms with Crippen LogP contribution in [-0.4, -0.2) is 19.4 Å². The van der Waals surface area contributed by atoms with Crippen molar-refractivity contribution in [2.75, 3.05) is 19.4 Å². The van der Waals surface area contributed by atoms with Gasteiger partial charge in [-0.1, -0.05) is 4.62 Å². The quantitative estimate of drug-likeness (QED) is 0.502. The van der Waals surface area contributed by atoms with Gasteiger partial charge < -0.3 is 0 Å². The van der Waals surface area contributed by atoms with Crippen LogP contribution in [0.2, 0.25) is 0 Å². The lowest BCUT2D eigenvalue weighted by Gasteiger charge is -2.16. The highest BCUT2D eigenvalue weighted by Gasteiger charge is 2.42. The van der Waals surface area contributed by atoms with E-state index in [-0.39, 0.29) is 0 Å². The molecule has 0 unspecified atom stereocenters. The number of hydrogen-bond donors (Lipinski definition) is 1. The maximum atomic E-state index is 5.31. The summed E-state index contributed by atoms with van der Waals surface area (Å²) in [4.78, 5) is 0. The molecule has 0 radical (unpaired) electrons. The van der Waals surface area contributed by atoms with Crippen molar-refractivity contribution in [1.82, 2.24) is 0 Å². The second-order valence-electron chi connectivity index (χ2n) is 1.87. The molecule has 11 heavy (non-hydrogen) atoms. The number of rotatable bonds is 6. The molecule has 0 aliphatic heterocycles. The van der Waals surface area contributed by atoms with Crippen LogP contribution in [0.5, 0.6) is 0 Å². The van der Waals surface area contributed by atoms with Crippen molar-refractivity contribution >= 4 is 7.94 Å². The van der Waals surface area contributed by atoms with Crippen molar-refractivity contribution in [1.29, 1.82) is 0 Å². The van der Waals surface area contributed by atoms with Crippen molar-refractivity contribution in [3.8, 4) is 0 Å². The van der Waals surface area contributed by atoms with E-state index < -0.39 is 7.94 Å². The topological polar surface area (TPSA) is 53.7 Å². The molecule has 0 atom stereocenters. The monoisotopic (exact) mass is 182 g/mol. The van der Waals surface area contributed by atoms with E-state index in [0.717, 1.165) is 0 Å². The minimum Gasteiger partial charge on any atom is -0.177 e. The van der Waals surface area contributed by atoms with Gasteiger partial charge in [-0.05, 0) is 20.8 Å². The van der Waals surface area contributed by atoms with Crippen LogP contribution >= 0.6 is 7.94 Å². The molecule has 0 saturated carbocycles. The first kappa shape index (κ1) is 11.3. The van der Waals surface area contributed by atoms with E-state index in [0.29, 0.717) is 19.4 Å². The molecule has 0 aliphatic carbocycles. The fourth-order valence-corrected chi connectivity index (χ4v) is 2.25.